The summed E-state index contributed by atoms with van der Waals surface area (Å²) in [4.78, 5) is 49.9. The van der Waals surface area contributed by atoms with Crippen molar-refractivity contribution in [2.45, 2.75) is 45.9 Å². The van der Waals surface area contributed by atoms with Gasteiger partial charge in [-0.2, -0.15) is 9.42 Å². The second-order valence-corrected chi connectivity index (χ2v) is 9.46. The van der Waals surface area contributed by atoms with Gasteiger partial charge in [0.05, 0.1) is 18.4 Å². The molecule has 1 aliphatic rings. The van der Waals surface area contributed by atoms with Crippen LogP contribution in [0.5, 0.6) is 0 Å². The number of esters is 1. The van der Waals surface area contributed by atoms with E-state index in [1.807, 2.05) is 0 Å². The Kier molecular flexibility index (Phi) is 7.89. The van der Waals surface area contributed by atoms with Crippen LogP contribution in [0.25, 0.3) is 0 Å². The molecule has 2 heterocycles. The molecular weight excluding hydrogens is 419 g/mol. The van der Waals surface area contributed by atoms with E-state index >= 15 is 0 Å². The number of hydrogen-bond donors (Lipinski definition) is 4. The summed E-state index contributed by atoms with van der Waals surface area (Å²) in [6.07, 6.45) is 2.15. The van der Waals surface area contributed by atoms with E-state index in [0.717, 1.165) is 0 Å². The summed E-state index contributed by atoms with van der Waals surface area (Å²) in [5, 5.41) is 14.0. The SMILES string of the molecule is C[C@H](N[P+]1(O)OCC(C)(C)[C@H](C(=O)NCCC(=O)OCc2cn(C)cn2)O1)C(=O)O. The van der Waals surface area contributed by atoms with E-state index in [0.29, 0.717) is 5.69 Å². The lowest BCUT2D eigenvalue weighted by molar-refractivity contribution is -0.145. The normalized spacial score (nSPS) is 24.1. The summed E-state index contributed by atoms with van der Waals surface area (Å²) in [7, 11) is -1.95. The number of aliphatic carboxylic acids is 1. The fourth-order valence-corrected chi connectivity index (χ4v) is 4.54. The highest BCUT2D eigenvalue weighted by Crippen LogP contribution is 2.60. The average molecular weight is 447 g/mol. The smallest absolute Gasteiger partial charge is 0.480 e. The van der Waals surface area contributed by atoms with Gasteiger partial charge < -0.3 is 19.7 Å². The third-order valence-corrected chi connectivity index (χ3v) is 5.99. The monoisotopic (exact) mass is 447 g/mol. The Morgan fingerprint density at radius 1 is 1.47 bits per heavy atom. The van der Waals surface area contributed by atoms with Gasteiger partial charge in [0.15, 0.2) is 6.10 Å². The lowest BCUT2D eigenvalue weighted by atomic mass is 9.87. The molecule has 1 unspecified atom stereocenters. The van der Waals surface area contributed by atoms with Gasteiger partial charge in [0.1, 0.15) is 19.3 Å². The second kappa shape index (κ2) is 9.80. The van der Waals surface area contributed by atoms with Crippen molar-refractivity contribution in [1.82, 2.24) is 20.0 Å². The van der Waals surface area contributed by atoms with Gasteiger partial charge in [-0.1, -0.05) is 13.8 Å². The van der Waals surface area contributed by atoms with Crippen molar-refractivity contribution < 1.29 is 38.2 Å². The number of nitrogens with one attached hydrogen (secondary N) is 2. The minimum atomic E-state index is -3.75. The molecule has 13 heteroatoms. The van der Waals surface area contributed by atoms with Crippen LogP contribution in [0.1, 0.15) is 32.9 Å². The molecule has 0 aromatic carbocycles. The van der Waals surface area contributed by atoms with Crippen molar-refractivity contribution in [3.8, 4) is 0 Å². The van der Waals surface area contributed by atoms with Gasteiger partial charge in [-0.3, -0.25) is 14.4 Å². The van der Waals surface area contributed by atoms with Crippen LogP contribution in [-0.4, -0.2) is 62.7 Å². The van der Waals surface area contributed by atoms with Crippen molar-refractivity contribution in [3.05, 3.63) is 18.2 Å². The highest BCUT2D eigenvalue weighted by atomic mass is 31.2. The van der Waals surface area contributed by atoms with Crippen molar-refractivity contribution in [1.29, 1.82) is 0 Å². The Morgan fingerprint density at radius 3 is 2.77 bits per heavy atom. The predicted molar refractivity (Wildman–Crippen MR) is 105 cm³/mol. The van der Waals surface area contributed by atoms with Crippen molar-refractivity contribution in [2.75, 3.05) is 13.2 Å². The highest BCUT2D eigenvalue weighted by Gasteiger charge is 2.58. The average Bonchev–Trinajstić information content (AvgIpc) is 3.07. The topological polar surface area (TPSA) is 161 Å². The molecule has 0 spiro atoms. The number of nitrogens with zero attached hydrogens (tertiary/aromatic N) is 2. The number of aryl methyl sites for hydroxylation is 1. The number of carboxylic acid groups (broad SMARTS) is 1. The maximum absolute atomic E-state index is 12.6. The molecule has 2 rings (SSSR count). The fourth-order valence-electron chi connectivity index (χ4n) is 2.56. The molecule has 4 N–H and O–H groups in total. The molecule has 1 aromatic rings. The third kappa shape index (κ3) is 6.71. The zero-order valence-electron chi connectivity index (χ0n) is 17.3. The fraction of sp³-hybridized carbons (Fsp3) is 0.647. The number of carboxylic acids is 1. The second-order valence-electron chi connectivity index (χ2n) is 7.69. The predicted octanol–water partition coefficient (Wildman–Crippen LogP) is 0.144. The standard InChI is InChI=1S/C17H27N4O8P/c1-11(16(24)25)20-30(26)28-9-17(2,3)14(29-30)15(23)18-6-5-13(22)27-8-12-7-21(4)10-19-12/h7,10-11,14,20,26H,5-6,8-9H2,1-4H3,(H-,18,23,24,25)/p+1/t11-,14-,30?/m0/s1. The van der Waals surface area contributed by atoms with Crippen LogP contribution in [0, 0.1) is 5.41 Å². The van der Waals surface area contributed by atoms with E-state index in [1.54, 1.807) is 38.0 Å². The van der Waals surface area contributed by atoms with Gasteiger partial charge in [0, 0.05) is 25.2 Å². The molecule has 0 bridgehead atoms. The van der Waals surface area contributed by atoms with Crippen LogP contribution in [0.15, 0.2) is 12.5 Å². The van der Waals surface area contributed by atoms with Crippen LogP contribution < -0.4 is 10.4 Å². The van der Waals surface area contributed by atoms with E-state index in [4.69, 9.17) is 18.9 Å². The highest BCUT2D eigenvalue weighted by molar-refractivity contribution is 7.58. The maximum atomic E-state index is 12.6. The number of carbonyl (C=O) groups excluding carboxylic acids is 2. The minimum Gasteiger partial charge on any atom is -0.480 e. The van der Waals surface area contributed by atoms with Crippen molar-refractivity contribution in [3.63, 3.8) is 0 Å². The molecule has 1 saturated heterocycles. The molecule has 30 heavy (non-hydrogen) atoms. The Morgan fingerprint density at radius 2 is 2.17 bits per heavy atom. The van der Waals surface area contributed by atoms with Gasteiger partial charge >= 0.3 is 20.0 Å². The zero-order chi connectivity index (χ0) is 22.5. The first kappa shape index (κ1) is 24.2. The lowest BCUT2D eigenvalue weighted by Gasteiger charge is -2.37. The molecule has 0 aliphatic carbocycles. The summed E-state index contributed by atoms with van der Waals surface area (Å²) >= 11 is 0. The lowest BCUT2D eigenvalue weighted by Crippen LogP contribution is -2.52. The first-order valence-corrected chi connectivity index (χ1v) is 10.8. The molecule has 3 atom stereocenters. The Labute approximate surface area is 174 Å². The van der Waals surface area contributed by atoms with Crippen LogP contribution in [0.2, 0.25) is 0 Å². The maximum Gasteiger partial charge on any atom is 0.500 e. The molecule has 1 aliphatic heterocycles. The van der Waals surface area contributed by atoms with Gasteiger partial charge in [-0.05, 0) is 6.92 Å². The van der Waals surface area contributed by atoms with Gasteiger partial charge in [-0.25, -0.2) is 4.98 Å². The van der Waals surface area contributed by atoms with Gasteiger partial charge in [0.25, 0.3) is 5.91 Å². The molecule has 0 saturated carbocycles. The molecular formula is C17H28N4O8P+. The molecule has 1 fully saturated rings. The summed E-state index contributed by atoms with van der Waals surface area (Å²) < 4.78 is 17.6. The first-order valence-electron chi connectivity index (χ1n) is 9.27. The minimum absolute atomic E-state index is 0.00646. The summed E-state index contributed by atoms with van der Waals surface area (Å²) in [6.45, 7) is 4.76. The number of amides is 1. The van der Waals surface area contributed by atoms with Crippen molar-refractivity contribution in [2.24, 2.45) is 12.5 Å². The number of carbonyl (C=O) groups is 3. The van der Waals surface area contributed by atoms with Crippen LogP contribution >= 0.6 is 8.09 Å². The summed E-state index contributed by atoms with van der Waals surface area (Å²) in [5.74, 6) is -2.26. The van der Waals surface area contributed by atoms with Gasteiger partial charge in [-0.15, -0.1) is 9.61 Å². The molecule has 12 nitrogen and oxygen atoms in total. The zero-order valence-corrected chi connectivity index (χ0v) is 18.2. The molecule has 0 radical (unpaired) electrons. The van der Waals surface area contributed by atoms with Crippen molar-refractivity contribution >= 4 is 25.9 Å². The Bertz CT molecular complexity index is 786. The summed E-state index contributed by atoms with van der Waals surface area (Å²) in [6, 6.07) is -1.14. The van der Waals surface area contributed by atoms with E-state index in [9.17, 15) is 19.3 Å². The molecule has 168 valence electrons. The van der Waals surface area contributed by atoms with Crippen LogP contribution in [0.3, 0.4) is 0 Å². The molecule has 1 aromatic heterocycles. The number of hydrogen-bond acceptors (Lipinski definition) is 9. The largest absolute Gasteiger partial charge is 0.500 e. The number of aromatic nitrogens is 2. The number of imidazole rings is 1. The Hall–Kier alpha value is -2.11. The third-order valence-electron chi connectivity index (χ3n) is 4.30. The van der Waals surface area contributed by atoms with Gasteiger partial charge in [0.2, 0.25) is 0 Å². The van der Waals surface area contributed by atoms with Crippen LogP contribution in [0.4, 0.5) is 0 Å². The first-order chi connectivity index (χ1) is 13.9. The van der Waals surface area contributed by atoms with Crippen LogP contribution in [-0.2, 0) is 41.8 Å². The molecule has 1 amide bonds. The Balaban J connectivity index is 1.84. The number of ether oxygens (including phenoxy) is 1. The quantitative estimate of drug-likeness (QED) is 0.303. The number of rotatable bonds is 9. The van der Waals surface area contributed by atoms with E-state index < -0.39 is 43.5 Å². The van der Waals surface area contributed by atoms with E-state index in [-0.39, 0.29) is 26.2 Å². The summed E-state index contributed by atoms with van der Waals surface area (Å²) in [5.41, 5.74) is -0.178. The van der Waals surface area contributed by atoms with E-state index in [1.165, 1.54) is 6.92 Å². The van der Waals surface area contributed by atoms with E-state index in [2.05, 4.69) is 15.4 Å².